The number of hydrogen-bond donors (Lipinski definition) is 1. The number of aromatic amines is 1. The number of aromatic nitrogens is 2. The summed E-state index contributed by atoms with van der Waals surface area (Å²) in [6.07, 6.45) is 4.21. The molecule has 1 N–H and O–H groups in total. The maximum absolute atomic E-state index is 12.7. The summed E-state index contributed by atoms with van der Waals surface area (Å²) in [7, 11) is -4.18. The Hall–Kier alpha value is -1.01. The number of H-pyrrole nitrogens is 1. The van der Waals surface area contributed by atoms with Gasteiger partial charge in [-0.2, -0.15) is 0 Å². The van der Waals surface area contributed by atoms with Crippen molar-refractivity contribution in [3.63, 3.8) is 0 Å². The molecular weight excluding hydrogens is 464 g/mol. The summed E-state index contributed by atoms with van der Waals surface area (Å²) in [5.74, 6) is 0. The molecule has 0 radical (unpaired) electrons. The molecule has 3 rings (SSSR count). The van der Waals surface area contributed by atoms with Crippen LogP contribution in [-0.2, 0) is 13.6 Å². The molecule has 34 heavy (non-hydrogen) atoms. The Labute approximate surface area is 206 Å². The molecule has 1 aliphatic heterocycles. The van der Waals surface area contributed by atoms with Gasteiger partial charge >= 0.3 is 5.69 Å². The number of nitrogens with zero attached hydrogens (tertiary/aromatic N) is 1. The highest BCUT2D eigenvalue weighted by molar-refractivity contribution is 6.74. The fourth-order valence-electron chi connectivity index (χ4n) is 4.57. The number of rotatable bonds is 5. The van der Waals surface area contributed by atoms with Crippen LogP contribution in [-0.4, -0.2) is 44.0 Å². The summed E-state index contributed by atoms with van der Waals surface area (Å²) < 4.78 is 22.4. The minimum absolute atomic E-state index is 0.0477. The first kappa shape index (κ1) is 27.6. The van der Waals surface area contributed by atoms with E-state index in [9.17, 15) is 9.59 Å². The quantitative estimate of drug-likeness (QED) is 0.531. The first-order valence-corrected chi connectivity index (χ1v) is 18.5. The zero-order valence-corrected chi connectivity index (χ0v) is 25.1. The number of aryl methyl sites for hydroxylation is 1. The SMILES string of the molecule is Cc1cn([C@@H]2C[C@H](O[Si](C)(C)C(C)(C)C)[C@]3(CCC[C@H]3O[Si](C)(C)C(C)(C)C)O2)c(=O)[nH]c1=O. The maximum atomic E-state index is 12.7. The second kappa shape index (κ2) is 8.83. The Kier molecular flexibility index (Phi) is 7.16. The number of ether oxygens (including phenoxy) is 1. The van der Waals surface area contributed by atoms with Crippen LogP contribution in [0.15, 0.2) is 15.8 Å². The highest BCUT2D eigenvalue weighted by Gasteiger charge is 2.61. The van der Waals surface area contributed by atoms with E-state index in [4.69, 9.17) is 13.6 Å². The van der Waals surface area contributed by atoms with Crippen molar-refractivity contribution in [1.29, 1.82) is 0 Å². The van der Waals surface area contributed by atoms with Crippen molar-refractivity contribution < 1.29 is 13.6 Å². The molecule has 1 aliphatic carbocycles. The molecule has 1 aromatic rings. The van der Waals surface area contributed by atoms with Crippen molar-refractivity contribution >= 4 is 16.6 Å². The molecule has 2 aliphatic rings. The van der Waals surface area contributed by atoms with E-state index >= 15 is 0 Å². The highest BCUT2D eigenvalue weighted by atomic mass is 28.4. The zero-order chi connectivity index (χ0) is 25.9. The smallest absolute Gasteiger partial charge is 0.330 e. The van der Waals surface area contributed by atoms with Crippen LogP contribution in [0.3, 0.4) is 0 Å². The second-order valence-electron chi connectivity index (χ2n) is 13.4. The van der Waals surface area contributed by atoms with Crippen molar-refractivity contribution in [3.05, 3.63) is 32.6 Å². The normalized spacial score (nSPS) is 28.7. The third-order valence-electron chi connectivity index (χ3n) is 8.84. The number of hydrogen-bond acceptors (Lipinski definition) is 5. The topological polar surface area (TPSA) is 82.6 Å². The molecule has 0 aromatic carbocycles. The molecule has 1 saturated heterocycles. The molecule has 0 unspecified atom stereocenters. The lowest BCUT2D eigenvalue weighted by Crippen LogP contribution is -2.57. The Morgan fingerprint density at radius 2 is 1.53 bits per heavy atom. The molecular formula is C25H46N2O5Si2. The lowest BCUT2D eigenvalue weighted by molar-refractivity contribution is -0.143. The van der Waals surface area contributed by atoms with Crippen LogP contribution in [0, 0.1) is 6.92 Å². The van der Waals surface area contributed by atoms with Crippen molar-refractivity contribution in [3.8, 4) is 0 Å². The van der Waals surface area contributed by atoms with Crippen LogP contribution in [0.25, 0.3) is 0 Å². The van der Waals surface area contributed by atoms with Gasteiger partial charge in [0.2, 0.25) is 0 Å². The van der Waals surface area contributed by atoms with Gasteiger partial charge < -0.3 is 13.6 Å². The van der Waals surface area contributed by atoms with Crippen LogP contribution in [0.1, 0.15) is 79.0 Å². The second-order valence-corrected chi connectivity index (χ2v) is 22.9. The van der Waals surface area contributed by atoms with Crippen LogP contribution >= 0.6 is 0 Å². The summed E-state index contributed by atoms with van der Waals surface area (Å²) in [4.78, 5) is 27.2. The van der Waals surface area contributed by atoms with Crippen molar-refractivity contribution in [1.82, 2.24) is 9.55 Å². The summed E-state index contributed by atoms with van der Waals surface area (Å²) in [6, 6.07) is 0. The third-order valence-corrected chi connectivity index (χ3v) is 17.8. The van der Waals surface area contributed by atoms with E-state index in [1.54, 1.807) is 13.1 Å². The molecule has 1 saturated carbocycles. The fourth-order valence-corrected chi connectivity index (χ4v) is 7.32. The first-order chi connectivity index (χ1) is 15.3. The summed E-state index contributed by atoms with van der Waals surface area (Å²) in [6.45, 7) is 24.3. The lowest BCUT2D eigenvalue weighted by atomic mass is 9.93. The van der Waals surface area contributed by atoms with E-state index in [1.165, 1.54) is 4.57 Å². The molecule has 194 valence electrons. The van der Waals surface area contributed by atoms with E-state index in [2.05, 4.69) is 72.7 Å². The van der Waals surface area contributed by atoms with Gasteiger partial charge in [-0.1, -0.05) is 41.5 Å². The van der Waals surface area contributed by atoms with Gasteiger partial charge in [0, 0.05) is 18.2 Å². The summed E-state index contributed by atoms with van der Waals surface area (Å²) >= 11 is 0. The van der Waals surface area contributed by atoms with Gasteiger partial charge in [-0.25, -0.2) is 4.79 Å². The predicted molar refractivity (Wildman–Crippen MR) is 142 cm³/mol. The van der Waals surface area contributed by atoms with E-state index in [0.29, 0.717) is 12.0 Å². The molecule has 7 nitrogen and oxygen atoms in total. The van der Waals surface area contributed by atoms with Gasteiger partial charge in [-0.15, -0.1) is 0 Å². The van der Waals surface area contributed by atoms with Gasteiger partial charge in [0.1, 0.15) is 11.8 Å². The van der Waals surface area contributed by atoms with Gasteiger partial charge in [0.15, 0.2) is 16.6 Å². The zero-order valence-electron chi connectivity index (χ0n) is 23.1. The van der Waals surface area contributed by atoms with Crippen molar-refractivity contribution in [2.24, 2.45) is 0 Å². The molecule has 9 heteroatoms. The van der Waals surface area contributed by atoms with Crippen LogP contribution in [0.2, 0.25) is 36.3 Å². The average molecular weight is 511 g/mol. The van der Waals surface area contributed by atoms with Gasteiger partial charge in [0.25, 0.3) is 5.56 Å². The maximum Gasteiger partial charge on any atom is 0.330 e. The standard InChI is InChI=1S/C25H46N2O5Si2/c1-17-16-27(22(29)26-21(17)28)20-15-19(32-34(10,11)24(5,6)7)25(30-20)14-12-13-18(25)31-33(8,9)23(2,3)4/h16,18-20H,12-15H2,1-11H3,(H,26,28,29)/t18-,19+,20+,25-/m1/s1. The molecule has 2 heterocycles. The Morgan fingerprint density at radius 1 is 1.00 bits per heavy atom. The van der Waals surface area contributed by atoms with E-state index in [0.717, 1.165) is 19.3 Å². The van der Waals surface area contributed by atoms with Crippen molar-refractivity contribution in [2.75, 3.05) is 0 Å². The Bertz CT molecular complexity index is 1020. The van der Waals surface area contributed by atoms with Gasteiger partial charge in [-0.05, 0) is 62.5 Å². The van der Waals surface area contributed by atoms with E-state index < -0.39 is 34.2 Å². The monoisotopic (exact) mass is 510 g/mol. The summed E-state index contributed by atoms with van der Waals surface area (Å²) in [5.41, 5.74) is -0.905. The fraction of sp³-hybridized carbons (Fsp3) is 0.840. The largest absolute Gasteiger partial charge is 0.411 e. The molecule has 1 spiro atoms. The predicted octanol–water partition coefficient (Wildman–Crippen LogP) is 5.47. The van der Waals surface area contributed by atoms with Gasteiger partial charge in [-0.3, -0.25) is 14.3 Å². The molecule has 0 amide bonds. The van der Waals surface area contributed by atoms with Gasteiger partial charge in [0.05, 0.1) is 12.2 Å². The minimum Gasteiger partial charge on any atom is -0.411 e. The Balaban J connectivity index is 2.05. The van der Waals surface area contributed by atoms with Crippen molar-refractivity contribution in [2.45, 2.75) is 134 Å². The highest BCUT2D eigenvalue weighted by Crippen LogP contribution is 2.53. The average Bonchev–Trinajstić information content (AvgIpc) is 3.20. The molecule has 2 fully saturated rings. The van der Waals surface area contributed by atoms with E-state index in [-0.39, 0.29) is 27.8 Å². The van der Waals surface area contributed by atoms with Crippen LogP contribution < -0.4 is 11.2 Å². The molecule has 1 aromatic heterocycles. The Morgan fingerprint density at radius 3 is 2.06 bits per heavy atom. The third kappa shape index (κ3) is 4.96. The number of nitrogens with one attached hydrogen (secondary N) is 1. The van der Waals surface area contributed by atoms with Crippen LogP contribution in [0.5, 0.6) is 0 Å². The van der Waals surface area contributed by atoms with E-state index in [1.807, 2.05) is 0 Å². The minimum atomic E-state index is -2.12. The molecule has 0 bridgehead atoms. The molecule has 4 atom stereocenters. The summed E-state index contributed by atoms with van der Waals surface area (Å²) in [5, 5.41) is 0.129. The lowest BCUT2D eigenvalue weighted by Gasteiger charge is -2.46. The first-order valence-electron chi connectivity index (χ1n) is 12.7. The van der Waals surface area contributed by atoms with Crippen LogP contribution in [0.4, 0.5) is 0 Å².